The van der Waals surface area contributed by atoms with Gasteiger partial charge in [0.1, 0.15) is 5.69 Å². The summed E-state index contributed by atoms with van der Waals surface area (Å²) in [5, 5.41) is 10.5. The SMILES string of the molecule is CC(C)C(=O)Nc1ccc(NC(=O)c2cn(-c3ccccc3)nc2-c2ccccc2)cc1. The lowest BCUT2D eigenvalue weighted by Gasteiger charge is -2.09. The van der Waals surface area contributed by atoms with Gasteiger partial charge >= 0.3 is 0 Å². The Kier molecular flexibility index (Phi) is 6.12. The Morgan fingerprint density at radius 3 is 1.94 bits per heavy atom. The van der Waals surface area contributed by atoms with E-state index < -0.39 is 0 Å². The summed E-state index contributed by atoms with van der Waals surface area (Å²) in [6.07, 6.45) is 1.74. The minimum absolute atomic E-state index is 0.0531. The topological polar surface area (TPSA) is 76.0 Å². The first-order chi connectivity index (χ1) is 15.5. The molecule has 1 heterocycles. The molecule has 0 aliphatic heterocycles. The minimum Gasteiger partial charge on any atom is -0.326 e. The second kappa shape index (κ2) is 9.31. The van der Waals surface area contributed by atoms with Gasteiger partial charge in [-0.05, 0) is 36.4 Å². The summed E-state index contributed by atoms with van der Waals surface area (Å²) >= 11 is 0. The van der Waals surface area contributed by atoms with Crippen LogP contribution in [-0.4, -0.2) is 21.6 Å². The zero-order valence-corrected chi connectivity index (χ0v) is 17.9. The Bertz CT molecular complexity index is 1210. The highest BCUT2D eigenvalue weighted by atomic mass is 16.2. The maximum absolute atomic E-state index is 13.2. The summed E-state index contributed by atoms with van der Waals surface area (Å²) in [4.78, 5) is 25.0. The number of nitrogens with one attached hydrogen (secondary N) is 2. The lowest BCUT2D eigenvalue weighted by molar-refractivity contribution is -0.118. The molecular formula is C26H24N4O2. The molecular weight excluding hydrogens is 400 g/mol. The molecule has 160 valence electrons. The second-order valence-corrected chi connectivity index (χ2v) is 7.71. The Hall–Kier alpha value is -4.19. The van der Waals surface area contributed by atoms with Crippen molar-refractivity contribution in [1.82, 2.24) is 9.78 Å². The van der Waals surface area contributed by atoms with Crippen LogP contribution in [0.15, 0.2) is 91.1 Å². The van der Waals surface area contributed by atoms with Crippen LogP contribution in [0, 0.1) is 5.92 Å². The van der Waals surface area contributed by atoms with Crippen molar-refractivity contribution >= 4 is 23.2 Å². The first kappa shape index (κ1) is 21.1. The lowest BCUT2D eigenvalue weighted by atomic mass is 10.1. The molecule has 6 heteroatoms. The quantitative estimate of drug-likeness (QED) is 0.436. The van der Waals surface area contributed by atoms with Crippen molar-refractivity contribution in [1.29, 1.82) is 0 Å². The summed E-state index contributed by atoms with van der Waals surface area (Å²) in [6.45, 7) is 3.67. The van der Waals surface area contributed by atoms with Crippen molar-refractivity contribution in [2.45, 2.75) is 13.8 Å². The molecule has 2 amide bonds. The highest BCUT2D eigenvalue weighted by molar-refractivity contribution is 6.08. The normalized spacial score (nSPS) is 10.7. The molecule has 0 saturated heterocycles. The number of hydrogen-bond acceptors (Lipinski definition) is 3. The van der Waals surface area contributed by atoms with Crippen molar-refractivity contribution < 1.29 is 9.59 Å². The average molecular weight is 425 g/mol. The van der Waals surface area contributed by atoms with E-state index in [-0.39, 0.29) is 17.7 Å². The number of benzene rings is 3. The Morgan fingerprint density at radius 2 is 1.34 bits per heavy atom. The van der Waals surface area contributed by atoms with E-state index in [1.165, 1.54) is 0 Å². The van der Waals surface area contributed by atoms with E-state index in [9.17, 15) is 9.59 Å². The van der Waals surface area contributed by atoms with E-state index in [0.717, 1.165) is 11.3 Å². The Balaban J connectivity index is 1.60. The number of anilines is 2. The van der Waals surface area contributed by atoms with Gasteiger partial charge in [0.15, 0.2) is 0 Å². The van der Waals surface area contributed by atoms with Crippen LogP contribution >= 0.6 is 0 Å². The number of para-hydroxylation sites is 1. The van der Waals surface area contributed by atoms with Crippen molar-refractivity contribution in [3.05, 3.63) is 96.7 Å². The minimum atomic E-state index is -0.259. The predicted molar refractivity (Wildman–Crippen MR) is 127 cm³/mol. The van der Waals surface area contributed by atoms with Crippen molar-refractivity contribution in [2.24, 2.45) is 5.92 Å². The predicted octanol–water partition coefficient (Wildman–Crippen LogP) is 5.39. The van der Waals surface area contributed by atoms with Crippen LogP contribution < -0.4 is 10.6 Å². The molecule has 0 bridgehead atoms. The number of carbonyl (C=O) groups excluding carboxylic acids is 2. The molecule has 0 atom stereocenters. The molecule has 4 rings (SSSR count). The molecule has 3 aromatic carbocycles. The van der Waals surface area contributed by atoms with Gasteiger partial charge in [-0.2, -0.15) is 5.10 Å². The van der Waals surface area contributed by atoms with E-state index in [4.69, 9.17) is 0 Å². The maximum atomic E-state index is 13.2. The zero-order chi connectivity index (χ0) is 22.5. The van der Waals surface area contributed by atoms with Gasteiger partial charge in [-0.3, -0.25) is 9.59 Å². The average Bonchev–Trinajstić information content (AvgIpc) is 3.27. The first-order valence-corrected chi connectivity index (χ1v) is 10.4. The molecule has 0 radical (unpaired) electrons. The van der Waals surface area contributed by atoms with Crippen molar-refractivity contribution in [3.8, 4) is 16.9 Å². The fraction of sp³-hybridized carbons (Fsp3) is 0.115. The standard InChI is InChI=1S/C26H24N4O2/c1-18(2)25(31)27-20-13-15-21(16-14-20)28-26(32)23-17-30(22-11-7-4-8-12-22)29-24(23)19-9-5-3-6-10-19/h3-18H,1-2H3,(H,27,31)(H,28,32). The van der Waals surface area contributed by atoms with E-state index in [2.05, 4.69) is 15.7 Å². The summed E-state index contributed by atoms with van der Waals surface area (Å²) < 4.78 is 1.71. The van der Waals surface area contributed by atoms with Crippen LogP contribution in [0.2, 0.25) is 0 Å². The smallest absolute Gasteiger partial charge is 0.259 e. The summed E-state index contributed by atoms with van der Waals surface area (Å²) in [7, 11) is 0. The highest BCUT2D eigenvalue weighted by Crippen LogP contribution is 2.25. The largest absolute Gasteiger partial charge is 0.326 e. The molecule has 0 spiro atoms. The summed E-state index contributed by atoms with van der Waals surface area (Å²) in [6, 6.07) is 26.4. The molecule has 6 nitrogen and oxygen atoms in total. The fourth-order valence-electron chi connectivity index (χ4n) is 3.18. The van der Waals surface area contributed by atoms with E-state index in [1.54, 1.807) is 35.1 Å². The molecule has 2 N–H and O–H groups in total. The zero-order valence-electron chi connectivity index (χ0n) is 17.9. The second-order valence-electron chi connectivity index (χ2n) is 7.71. The molecule has 0 saturated carbocycles. The summed E-state index contributed by atoms with van der Waals surface area (Å²) in [5.74, 6) is -0.417. The van der Waals surface area contributed by atoms with Gasteiger partial charge in [0.25, 0.3) is 5.91 Å². The van der Waals surface area contributed by atoms with Gasteiger partial charge < -0.3 is 10.6 Å². The number of amides is 2. The molecule has 0 fully saturated rings. The number of hydrogen-bond donors (Lipinski definition) is 2. The number of nitrogens with zero attached hydrogens (tertiary/aromatic N) is 2. The number of carbonyl (C=O) groups is 2. The van der Waals surface area contributed by atoms with Gasteiger partial charge in [0.2, 0.25) is 5.91 Å². The number of rotatable bonds is 6. The van der Waals surface area contributed by atoms with Gasteiger partial charge in [-0.15, -0.1) is 0 Å². The molecule has 0 aliphatic carbocycles. The van der Waals surface area contributed by atoms with Crippen LogP contribution in [0.25, 0.3) is 16.9 Å². The van der Waals surface area contributed by atoms with Gasteiger partial charge in [0.05, 0.1) is 11.3 Å². The van der Waals surface area contributed by atoms with Crippen LogP contribution in [0.5, 0.6) is 0 Å². The van der Waals surface area contributed by atoms with Crippen LogP contribution in [0.4, 0.5) is 11.4 Å². The number of aromatic nitrogens is 2. The third-order valence-corrected chi connectivity index (χ3v) is 4.96. The lowest BCUT2D eigenvalue weighted by Crippen LogP contribution is -2.17. The van der Waals surface area contributed by atoms with Crippen LogP contribution in [0.3, 0.4) is 0 Å². The van der Waals surface area contributed by atoms with Gasteiger partial charge in [-0.25, -0.2) is 4.68 Å². The third kappa shape index (κ3) is 4.75. The van der Waals surface area contributed by atoms with E-state index in [0.29, 0.717) is 22.6 Å². The van der Waals surface area contributed by atoms with Crippen LogP contribution in [-0.2, 0) is 4.79 Å². The Morgan fingerprint density at radius 1 is 0.781 bits per heavy atom. The first-order valence-electron chi connectivity index (χ1n) is 10.4. The van der Waals surface area contributed by atoms with Crippen molar-refractivity contribution in [2.75, 3.05) is 10.6 Å². The summed E-state index contributed by atoms with van der Waals surface area (Å²) in [5.41, 5.74) is 4.12. The third-order valence-electron chi connectivity index (χ3n) is 4.96. The molecule has 32 heavy (non-hydrogen) atoms. The molecule has 4 aromatic rings. The van der Waals surface area contributed by atoms with E-state index in [1.807, 2.05) is 74.5 Å². The monoisotopic (exact) mass is 424 g/mol. The van der Waals surface area contributed by atoms with E-state index >= 15 is 0 Å². The highest BCUT2D eigenvalue weighted by Gasteiger charge is 2.19. The van der Waals surface area contributed by atoms with Gasteiger partial charge in [-0.1, -0.05) is 62.4 Å². The fourth-order valence-corrected chi connectivity index (χ4v) is 3.18. The van der Waals surface area contributed by atoms with Crippen LogP contribution in [0.1, 0.15) is 24.2 Å². The maximum Gasteiger partial charge on any atom is 0.259 e. The molecule has 1 aromatic heterocycles. The Labute approximate surface area is 186 Å². The molecule has 0 unspecified atom stereocenters. The van der Waals surface area contributed by atoms with Gasteiger partial charge in [0, 0.05) is 29.1 Å². The van der Waals surface area contributed by atoms with Crippen molar-refractivity contribution in [3.63, 3.8) is 0 Å². The molecule has 0 aliphatic rings.